The van der Waals surface area contributed by atoms with Gasteiger partial charge in [-0.15, -0.1) is 0 Å². The molecule has 1 amide bonds. The normalized spacial score (nSPS) is 11.6. The van der Waals surface area contributed by atoms with E-state index in [0.29, 0.717) is 23.7 Å². The number of aromatic nitrogens is 2. The summed E-state index contributed by atoms with van der Waals surface area (Å²) < 4.78 is 12.9. The van der Waals surface area contributed by atoms with Crippen LogP contribution in [0, 0.1) is 13.8 Å². The average molecular weight is 407 g/mol. The fourth-order valence-electron chi connectivity index (χ4n) is 2.95. The molecule has 0 aliphatic carbocycles. The molecule has 1 heterocycles. The smallest absolute Gasteiger partial charge is 0.342 e. The molecule has 0 unspecified atom stereocenters. The number of esters is 1. The number of carbonyl (C=O) groups excluding carboxylic acids is 2. The summed E-state index contributed by atoms with van der Waals surface area (Å²) in [6.45, 7) is 5.51. The van der Waals surface area contributed by atoms with Crippen LogP contribution in [0.15, 0.2) is 54.6 Å². The number of carbonyl (C=O) groups is 2. The van der Waals surface area contributed by atoms with Crippen LogP contribution in [0.4, 0.5) is 5.69 Å². The number of rotatable bonds is 7. The minimum atomic E-state index is -0.987. The lowest BCUT2D eigenvalue weighted by Crippen LogP contribution is -2.30. The lowest BCUT2D eigenvalue weighted by Gasteiger charge is -2.15. The summed E-state index contributed by atoms with van der Waals surface area (Å²) in [5.41, 5.74) is 3.38. The Labute approximate surface area is 175 Å². The topological polar surface area (TPSA) is 82.5 Å². The van der Waals surface area contributed by atoms with Crippen molar-refractivity contribution in [3.05, 3.63) is 77.1 Å². The summed E-state index contributed by atoms with van der Waals surface area (Å²) >= 11 is 0. The van der Waals surface area contributed by atoms with E-state index in [1.807, 2.05) is 37.3 Å². The maximum absolute atomic E-state index is 12.7. The lowest BCUT2D eigenvalue weighted by molar-refractivity contribution is -0.123. The molecule has 3 rings (SSSR count). The Morgan fingerprint density at radius 1 is 1.07 bits per heavy atom. The van der Waals surface area contributed by atoms with E-state index in [0.717, 1.165) is 11.3 Å². The Bertz CT molecular complexity index is 1040. The maximum Gasteiger partial charge on any atom is 0.342 e. The Morgan fingerprint density at radius 2 is 1.73 bits per heavy atom. The summed E-state index contributed by atoms with van der Waals surface area (Å²) in [7, 11) is 1.80. The first-order valence-electron chi connectivity index (χ1n) is 9.64. The quantitative estimate of drug-likeness (QED) is 0.603. The first-order valence-corrected chi connectivity index (χ1v) is 9.64. The van der Waals surface area contributed by atoms with Gasteiger partial charge in [-0.05, 0) is 38.5 Å². The number of hydrogen-bond donors (Lipinski definition) is 1. The number of aryl methyl sites for hydroxylation is 2. The second-order valence-electron chi connectivity index (χ2n) is 6.98. The van der Waals surface area contributed by atoms with Crippen LogP contribution in [-0.4, -0.2) is 27.8 Å². The largest absolute Gasteiger partial charge is 0.488 e. The molecule has 0 radical (unpaired) electrons. The van der Waals surface area contributed by atoms with Gasteiger partial charge in [0.1, 0.15) is 17.9 Å². The molecule has 3 aromatic rings. The molecule has 0 fully saturated rings. The second-order valence-corrected chi connectivity index (χ2v) is 6.98. The third kappa shape index (κ3) is 4.86. The summed E-state index contributed by atoms with van der Waals surface area (Å²) in [5, 5.41) is 7.05. The Balaban J connectivity index is 1.65. The summed E-state index contributed by atoms with van der Waals surface area (Å²) in [6, 6.07) is 16.5. The van der Waals surface area contributed by atoms with Gasteiger partial charge in [0.25, 0.3) is 5.91 Å². The minimum absolute atomic E-state index is 0.266. The third-order valence-corrected chi connectivity index (χ3v) is 4.75. The van der Waals surface area contributed by atoms with E-state index in [1.165, 1.54) is 6.92 Å². The van der Waals surface area contributed by atoms with E-state index in [2.05, 4.69) is 10.4 Å². The van der Waals surface area contributed by atoms with Gasteiger partial charge in [0.05, 0.1) is 17.1 Å². The van der Waals surface area contributed by atoms with Gasteiger partial charge in [0, 0.05) is 7.05 Å². The first-order chi connectivity index (χ1) is 14.4. The van der Waals surface area contributed by atoms with Gasteiger partial charge >= 0.3 is 5.97 Å². The highest BCUT2D eigenvalue weighted by atomic mass is 16.5. The molecule has 7 heteroatoms. The highest BCUT2D eigenvalue weighted by Crippen LogP contribution is 2.22. The van der Waals surface area contributed by atoms with Gasteiger partial charge in [-0.2, -0.15) is 5.10 Å². The fourth-order valence-corrected chi connectivity index (χ4v) is 2.95. The van der Waals surface area contributed by atoms with E-state index in [1.54, 1.807) is 42.9 Å². The number of para-hydroxylation sites is 1. The summed E-state index contributed by atoms with van der Waals surface area (Å²) in [4.78, 5) is 25.2. The van der Waals surface area contributed by atoms with E-state index in [9.17, 15) is 9.59 Å². The molecule has 2 aromatic carbocycles. The van der Waals surface area contributed by atoms with Crippen LogP contribution >= 0.6 is 0 Å². The third-order valence-electron chi connectivity index (χ3n) is 4.75. The number of nitrogens with zero attached hydrogens (tertiary/aromatic N) is 2. The maximum atomic E-state index is 12.7. The fraction of sp³-hybridized carbons (Fsp3) is 0.261. The molecule has 0 aliphatic rings. The SMILES string of the molecule is Cc1nn(C)c(C)c1NC(=O)[C@@H](C)OC(=O)c1ccccc1OCc1ccccc1. The molecule has 0 saturated carbocycles. The zero-order valence-electron chi connectivity index (χ0n) is 17.5. The van der Waals surface area contributed by atoms with Gasteiger partial charge in [0.2, 0.25) is 0 Å². The molecule has 1 N–H and O–H groups in total. The van der Waals surface area contributed by atoms with Crippen LogP contribution in [0.25, 0.3) is 0 Å². The van der Waals surface area contributed by atoms with Crippen molar-refractivity contribution in [2.24, 2.45) is 7.05 Å². The van der Waals surface area contributed by atoms with Gasteiger partial charge in [-0.1, -0.05) is 42.5 Å². The second kappa shape index (κ2) is 9.26. The van der Waals surface area contributed by atoms with Crippen molar-refractivity contribution in [2.45, 2.75) is 33.5 Å². The Kier molecular flexibility index (Phi) is 6.51. The van der Waals surface area contributed by atoms with E-state index >= 15 is 0 Å². The van der Waals surface area contributed by atoms with Crippen molar-refractivity contribution < 1.29 is 19.1 Å². The zero-order chi connectivity index (χ0) is 21.7. The average Bonchev–Trinajstić information content (AvgIpc) is 2.99. The number of hydrogen-bond acceptors (Lipinski definition) is 5. The highest BCUT2D eigenvalue weighted by molar-refractivity contribution is 5.98. The van der Waals surface area contributed by atoms with Gasteiger partial charge in [-0.3, -0.25) is 9.48 Å². The Hall–Kier alpha value is -3.61. The van der Waals surface area contributed by atoms with E-state index < -0.39 is 18.0 Å². The lowest BCUT2D eigenvalue weighted by atomic mass is 10.2. The van der Waals surface area contributed by atoms with Crippen LogP contribution in [0.3, 0.4) is 0 Å². The number of anilines is 1. The summed E-state index contributed by atoms with van der Waals surface area (Å²) in [5.74, 6) is -0.649. The number of amides is 1. The molecule has 156 valence electrons. The predicted octanol–water partition coefficient (Wildman–Crippen LogP) is 3.80. The molecule has 0 spiro atoms. The van der Waals surface area contributed by atoms with Crippen LogP contribution in [0.5, 0.6) is 5.75 Å². The molecular formula is C23H25N3O4. The van der Waals surface area contributed by atoms with Crippen LogP contribution in [0.1, 0.15) is 34.2 Å². The van der Waals surface area contributed by atoms with Crippen LogP contribution in [-0.2, 0) is 23.2 Å². The molecule has 7 nitrogen and oxygen atoms in total. The highest BCUT2D eigenvalue weighted by Gasteiger charge is 2.23. The van der Waals surface area contributed by atoms with Crippen molar-refractivity contribution in [1.29, 1.82) is 0 Å². The molecular weight excluding hydrogens is 382 g/mol. The number of nitrogens with one attached hydrogen (secondary N) is 1. The van der Waals surface area contributed by atoms with Crippen molar-refractivity contribution in [3.8, 4) is 5.75 Å². The number of benzene rings is 2. The van der Waals surface area contributed by atoms with E-state index in [4.69, 9.17) is 9.47 Å². The molecule has 1 aromatic heterocycles. The van der Waals surface area contributed by atoms with Gasteiger partial charge in [-0.25, -0.2) is 4.79 Å². The molecule has 30 heavy (non-hydrogen) atoms. The van der Waals surface area contributed by atoms with Crippen molar-refractivity contribution in [2.75, 3.05) is 5.32 Å². The summed E-state index contributed by atoms with van der Waals surface area (Å²) in [6.07, 6.45) is -0.987. The number of ether oxygens (including phenoxy) is 2. The monoisotopic (exact) mass is 407 g/mol. The molecule has 1 atom stereocenters. The zero-order valence-corrected chi connectivity index (χ0v) is 17.5. The van der Waals surface area contributed by atoms with Crippen LogP contribution in [0.2, 0.25) is 0 Å². The molecule has 0 aliphatic heterocycles. The first kappa shape index (κ1) is 21.1. The van der Waals surface area contributed by atoms with Gasteiger partial charge < -0.3 is 14.8 Å². The minimum Gasteiger partial charge on any atom is -0.488 e. The Morgan fingerprint density at radius 3 is 2.40 bits per heavy atom. The van der Waals surface area contributed by atoms with Crippen molar-refractivity contribution >= 4 is 17.6 Å². The van der Waals surface area contributed by atoms with Crippen molar-refractivity contribution in [1.82, 2.24) is 9.78 Å². The molecule has 0 saturated heterocycles. The van der Waals surface area contributed by atoms with E-state index in [-0.39, 0.29) is 5.56 Å². The predicted molar refractivity (Wildman–Crippen MR) is 113 cm³/mol. The van der Waals surface area contributed by atoms with Crippen molar-refractivity contribution in [3.63, 3.8) is 0 Å². The standard InChI is InChI=1S/C23H25N3O4/c1-15-21(16(2)26(4)25-15)24-22(27)17(3)30-23(28)19-12-8-9-13-20(19)29-14-18-10-6-5-7-11-18/h5-13,17H,14H2,1-4H3,(H,24,27)/t17-/m1/s1. The van der Waals surface area contributed by atoms with Gasteiger partial charge in [0.15, 0.2) is 6.10 Å². The van der Waals surface area contributed by atoms with Crippen LogP contribution < -0.4 is 10.1 Å². The molecule has 0 bridgehead atoms.